The van der Waals surface area contributed by atoms with E-state index in [4.69, 9.17) is 4.74 Å². The standard InChI is InChI=1S/C23H22N4O4S/c1-3-23(15-9-5-4-6-10-15)20(29)27(22(30)26-23)13-19(28)25-21-24-17(14-32-21)16-11-7-8-12-18(16)31-2/h4-12,14H,3,13H2,1-2H3,(H,26,30)(H,24,25,28). The molecule has 2 N–H and O–H groups in total. The molecule has 1 fully saturated rings. The van der Waals surface area contributed by atoms with Gasteiger partial charge in [-0.15, -0.1) is 11.3 Å². The summed E-state index contributed by atoms with van der Waals surface area (Å²) in [5, 5.41) is 7.62. The third-order valence-electron chi connectivity index (χ3n) is 5.41. The van der Waals surface area contributed by atoms with Crippen molar-refractivity contribution in [2.24, 2.45) is 0 Å². The predicted octanol–water partition coefficient (Wildman–Crippen LogP) is 3.61. The summed E-state index contributed by atoms with van der Waals surface area (Å²) in [5.74, 6) is -0.276. The highest BCUT2D eigenvalue weighted by Gasteiger charge is 2.51. The summed E-state index contributed by atoms with van der Waals surface area (Å²) in [4.78, 5) is 43.7. The highest BCUT2D eigenvalue weighted by Crippen LogP contribution is 2.33. The number of hydrogen-bond donors (Lipinski definition) is 2. The van der Waals surface area contributed by atoms with Crippen molar-refractivity contribution in [1.29, 1.82) is 0 Å². The van der Waals surface area contributed by atoms with E-state index in [9.17, 15) is 14.4 Å². The Labute approximate surface area is 189 Å². The Morgan fingerprint density at radius 2 is 1.88 bits per heavy atom. The number of benzene rings is 2. The molecule has 2 aromatic carbocycles. The molecule has 164 valence electrons. The van der Waals surface area contributed by atoms with Gasteiger partial charge in [-0.1, -0.05) is 49.4 Å². The highest BCUT2D eigenvalue weighted by atomic mass is 32.1. The van der Waals surface area contributed by atoms with E-state index in [1.54, 1.807) is 24.6 Å². The maximum atomic E-state index is 13.2. The minimum absolute atomic E-state index is 0.368. The second kappa shape index (κ2) is 8.80. The van der Waals surface area contributed by atoms with Crippen molar-refractivity contribution < 1.29 is 19.1 Å². The van der Waals surface area contributed by atoms with Gasteiger partial charge in [0.1, 0.15) is 17.8 Å². The number of carbonyl (C=O) groups is 3. The fourth-order valence-corrected chi connectivity index (χ4v) is 4.47. The van der Waals surface area contributed by atoms with Crippen molar-refractivity contribution in [3.63, 3.8) is 0 Å². The van der Waals surface area contributed by atoms with Crippen molar-refractivity contribution in [2.75, 3.05) is 19.0 Å². The van der Waals surface area contributed by atoms with Gasteiger partial charge in [0, 0.05) is 10.9 Å². The lowest BCUT2D eigenvalue weighted by atomic mass is 9.87. The van der Waals surface area contributed by atoms with Gasteiger partial charge in [-0.05, 0) is 24.1 Å². The third kappa shape index (κ3) is 3.82. The molecule has 0 aliphatic carbocycles. The molecule has 3 aromatic rings. The Kier molecular flexibility index (Phi) is 5.91. The van der Waals surface area contributed by atoms with Crippen molar-refractivity contribution in [1.82, 2.24) is 15.2 Å². The van der Waals surface area contributed by atoms with Crippen molar-refractivity contribution in [3.05, 3.63) is 65.5 Å². The van der Waals surface area contributed by atoms with Gasteiger partial charge in [0.25, 0.3) is 5.91 Å². The zero-order valence-electron chi connectivity index (χ0n) is 17.6. The fourth-order valence-electron chi connectivity index (χ4n) is 3.75. The number of para-hydroxylation sites is 1. The third-order valence-corrected chi connectivity index (χ3v) is 6.17. The van der Waals surface area contributed by atoms with Crippen LogP contribution in [0.2, 0.25) is 0 Å². The number of imide groups is 1. The Morgan fingerprint density at radius 1 is 1.16 bits per heavy atom. The van der Waals surface area contributed by atoms with Gasteiger partial charge < -0.3 is 15.4 Å². The number of carbonyl (C=O) groups excluding carboxylic acids is 3. The fraction of sp³-hybridized carbons (Fsp3) is 0.217. The first kappa shape index (κ1) is 21.5. The molecular weight excluding hydrogens is 428 g/mol. The molecule has 32 heavy (non-hydrogen) atoms. The lowest BCUT2D eigenvalue weighted by molar-refractivity contribution is -0.134. The van der Waals surface area contributed by atoms with Gasteiger partial charge in [0.15, 0.2) is 5.13 Å². The van der Waals surface area contributed by atoms with Gasteiger partial charge in [-0.2, -0.15) is 0 Å². The number of thiazole rings is 1. The van der Waals surface area contributed by atoms with E-state index in [2.05, 4.69) is 15.6 Å². The van der Waals surface area contributed by atoms with Gasteiger partial charge >= 0.3 is 6.03 Å². The zero-order valence-corrected chi connectivity index (χ0v) is 18.4. The van der Waals surface area contributed by atoms with E-state index < -0.39 is 29.9 Å². The number of amides is 4. The highest BCUT2D eigenvalue weighted by molar-refractivity contribution is 7.14. The number of rotatable bonds is 7. The zero-order chi connectivity index (χ0) is 22.7. The molecule has 4 amide bonds. The lowest BCUT2D eigenvalue weighted by Gasteiger charge is -2.25. The van der Waals surface area contributed by atoms with Crippen molar-refractivity contribution in [3.8, 4) is 17.0 Å². The summed E-state index contributed by atoms with van der Waals surface area (Å²) in [6, 6.07) is 15.9. The smallest absolute Gasteiger partial charge is 0.325 e. The molecule has 2 heterocycles. The largest absolute Gasteiger partial charge is 0.496 e. The number of aromatic nitrogens is 1. The molecule has 1 unspecified atom stereocenters. The van der Waals surface area contributed by atoms with Gasteiger partial charge in [-0.25, -0.2) is 9.78 Å². The SMILES string of the molecule is CCC1(c2ccccc2)NC(=O)N(CC(=O)Nc2nc(-c3ccccc3OC)cs2)C1=O. The Balaban J connectivity index is 1.47. The van der Waals surface area contributed by atoms with Crippen molar-refractivity contribution >= 4 is 34.3 Å². The Hall–Kier alpha value is -3.72. The molecule has 8 nitrogen and oxygen atoms in total. The topological polar surface area (TPSA) is 101 Å². The summed E-state index contributed by atoms with van der Waals surface area (Å²) in [6.45, 7) is 1.42. The van der Waals surface area contributed by atoms with Crippen molar-refractivity contribution in [2.45, 2.75) is 18.9 Å². The number of methoxy groups -OCH3 is 1. The molecule has 0 spiro atoms. The monoisotopic (exact) mass is 450 g/mol. The van der Waals surface area contributed by atoms with E-state index in [1.807, 2.05) is 49.4 Å². The number of urea groups is 1. The minimum Gasteiger partial charge on any atom is -0.496 e. The van der Waals surface area contributed by atoms with E-state index in [-0.39, 0.29) is 0 Å². The molecule has 0 radical (unpaired) electrons. The molecular formula is C23H22N4O4S. The van der Waals surface area contributed by atoms with Crippen LogP contribution in [0, 0.1) is 0 Å². The van der Waals surface area contributed by atoms with E-state index in [1.165, 1.54) is 11.3 Å². The van der Waals surface area contributed by atoms with Crippen LogP contribution in [0.1, 0.15) is 18.9 Å². The first-order valence-corrected chi connectivity index (χ1v) is 10.9. The molecule has 1 atom stereocenters. The molecule has 1 aliphatic rings. The first-order chi connectivity index (χ1) is 15.5. The summed E-state index contributed by atoms with van der Waals surface area (Å²) in [5.41, 5.74) is 0.977. The molecule has 1 aromatic heterocycles. The van der Waals surface area contributed by atoms with Crippen LogP contribution < -0.4 is 15.4 Å². The average Bonchev–Trinajstić information content (AvgIpc) is 3.38. The van der Waals surface area contributed by atoms with Crippen LogP contribution in [0.25, 0.3) is 11.3 Å². The summed E-state index contributed by atoms with van der Waals surface area (Å²) < 4.78 is 5.36. The summed E-state index contributed by atoms with van der Waals surface area (Å²) in [6.07, 6.45) is 0.369. The lowest BCUT2D eigenvalue weighted by Crippen LogP contribution is -2.44. The molecule has 9 heteroatoms. The van der Waals surface area contributed by atoms with Crippen LogP contribution >= 0.6 is 11.3 Å². The van der Waals surface area contributed by atoms with Crippen LogP contribution in [-0.2, 0) is 15.1 Å². The number of nitrogens with one attached hydrogen (secondary N) is 2. The second-order valence-electron chi connectivity index (χ2n) is 7.23. The van der Waals surface area contributed by atoms with Crippen LogP contribution in [0.3, 0.4) is 0 Å². The molecule has 0 bridgehead atoms. The maximum absolute atomic E-state index is 13.2. The number of ether oxygens (including phenoxy) is 1. The summed E-state index contributed by atoms with van der Waals surface area (Å²) in [7, 11) is 1.58. The average molecular weight is 451 g/mol. The Morgan fingerprint density at radius 3 is 2.59 bits per heavy atom. The summed E-state index contributed by atoms with van der Waals surface area (Å²) >= 11 is 1.25. The van der Waals surface area contributed by atoms with Crippen LogP contribution in [-0.4, -0.2) is 41.4 Å². The van der Waals surface area contributed by atoms with E-state index in [0.29, 0.717) is 28.6 Å². The van der Waals surface area contributed by atoms with E-state index >= 15 is 0 Å². The van der Waals surface area contributed by atoms with Gasteiger partial charge in [-0.3, -0.25) is 14.5 Å². The van der Waals surface area contributed by atoms with E-state index in [0.717, 1.165) is 10.5 Å². The molecule has 0 saturated carbocycles. The van der Waals surface area contributed by atoms with Crippen LogP contribution in [0.15, 0.2) is 60.0 Å². The molecule has 1 aliphatic heterocycles. The molecule has 4 rings (SSSR count). The van der Waals surface area contributed by atoms with Crippen LogP contribution in [0.4, 0.5) is 9.93 Å². The minimum atomic E-state index is -1.17. The van der Waals surface area contributed by atoms with Gasteiger partial charge in [0.2, 0.25) is 5.91 Å². The Bertz CT molecular complexity index is 1160. The van der Waals surface area contributed by atoms with Crippen LogP contribution in [0.5, 0.6) is 5.75 Å². The first-order valence-electron chi connectivity index (χ1n) is 10.1. The molecule has 1 saturated heterocycles. The second-order valence-corrected chi connectivity index (χ2v) is 8.09. The maximum Gasteiger partial charge on any atom is 0.325 e. The quantitative estimate of drug-likeness (QED) is 0.536. The number of anilines is 1. The number of hydrogen-bond acceptors (Lipinski definition) is 6. The van der Waals surface area contributed by atoms with Gasteiger partial charge in [0.05, 0.1) is 12.8 Å². The number of nitrogens with zero attached hydrogens (tertiary/aromatic N) is 2. The predicted molar refractivity (Wildman–Crippen MR) is 121 cm³/mol. The normalized spacial score (nSPS) is 17.9.